The summed E-state index contributed by atoms with van der Waals surface area (Å²) in [6, 6.07) is 15.4. The van der Waals surface area contributed by atoms with Gasteiger partial charge in [0.05, 0.1) is 6.21 Å². The van der Waals surface area contributed by atoms with Crippen molar-refractivity contribution >= 4 is 33.7 Å². The van der Waals surface area contributed by atoms with Gasteiger partial charge in [-0.2, -0.15) is 5.10 Å². The van der Waals surface area contributed by atoms with E-state index in [1.54, 1.807) is 18.3 Å². The first-order chi connectivity index (χ1) is 12.1. The Bertz CT molecular complexity index is 713. The molecule has 2 aromatic rings. The van der Waals surface area contributed by atoms with Crippen molar-refractivity contribution in [3.05, 3.63) is 58.6 Å². The van der Waals surface area contributed by atoms with E-state index in [-0.39, 0.29) is 12.5 Å². The van der Waals surface area contributed by atoms with Gasteiger partial charge in [0.25, 0.3) is 5.91 Å². The summed E-state index contributed by atoms with van der Waals surface area (Å²) in [5.74, 6) is 0.316. The number of nitrogens with zero attached hydrogens (tertiary/aromatic N) is 2. The lowest BCUT2D eigenvalue weighted by molar-refractivity contribution is -0.123. The summed E-state index contributed by atoms with van der Waals surface area (Å²) < 4.78 is 6.30. The highest BCUT2D eigenvalue weighted by atomic mass is 79.9. The normalized spacial score (nSPS) is 10.7. The molecule has 132 valence electrons. The molecule has 2 rings (SSSR count). The second kappa shape index (κ2) is 9.84. The molecule has 0 aromatic heterocycles. The molecule has 6 heteroatoms. The minimum absolute atomic E-state index is 0.0886. The largest absolute Gasteiger partial charge is 0.484 e. The molecule has 5 nitrogen and oxygen atoms in total. The lowest BCUT2D eigenvalue weighted by Gasteiger charge is -2.20. The highest BCUT2D eigenvalue weighted by Gasteiger charge is 2.02. The molecule has 1 N–H and O–H groups in total. The molecular weight excluding hydrogens is 382 g/mol. The van der Waals surface area contributed by atoms with Crippen LogP contribution in [-0.2, 0) is 4.79 Å². The fourth-order valence-corrected chi connectivity index (χ4v) is 2.65. The van der Waals surface area contributed by atoms with E-state index in [1.165, 1.54) is 5.69 Å². The standard InChI is InChI=1S/C19H22BrN3O2/c1-3-23(4-2)17-10-8-15(9-11-17)13-21-22-19(24)14-25-18-7-5-6-16(20)12-18/h5-13H,3-4,14H2,1-2H3,(H,22,24)/b21-13-. The van der Waals surface area contributed by atoms with Crippen molar-refractivity contribution in [2.75, 3.05) is 24.6 Å². The molecular formula is C19H22BrN3O2. The summed E-state index contributed by atoms with van der Waals surface area (Å²) in [4.78, 5) is 14.0. The average molecular weight is 404 g/mol. The average Bonchev–Trinajstić information content (AvgIpc) is 2.62. The highest BCUT2D eigenvalue weighted by molar-refractivity contribution is 9.10. The molecule has 0 bridgehead atoms. The van der Waals surface area contributed by atoms with Crippen molar-refractivity contribution in [2.45, 2.75) is 13.8 Å². The zero-order valence-electron chi connectivity index (χ0n) is 14.4. The minimum Gasteiger partial charge on any atom is -0.484 e. The van der Waals surface area contributed by atoms with Gasteiger partial charge in [-0.1, -0.05) is 34.1 Å². The summed E-state index contributed by atoms with van der Waals surface area (Å²) in [5.41, 5.74) is 4.55. The van der Waals surface area contributed by atoms with E-state index in [4.69, 9.17) is 4.74 Å². The van der Waals surface area contributed by atoms with E-state index in [0.717, 1.165) is 23.1 Å². The number of benzene rings is 2. The minimum atomic E-state index is -0.309. The van der Waals surface area contributed by atoms with Crippen molar-refractivity contribution in [1.29, 1.82) is 0 Å². The number of hydrazone groups is 1. The lowest BCUT2D eigenvalue weighted by atomic mass is 10.2. The molecule has 1 amide bonds. The third-order valence-corrected chi connectivity index (χ3v) is 4.08. The number of halogens is 1. The maximum atomic E-state index is 11.7. The first kappa shape index (κ1) is 19.0. The molecule has 2 aromatic carbocycles. The van der Waals surface area contributed by atoms with E-state index in [9.17, 15) is 4.79 Å². The SMILES string of the molecule is CCN(CC)c1ccc(/C=N\NC(=O)COc2cccc(Br)c2)cc1. The molecule has 25 heavy (non-hydrogen) atoms. The van der Waals surface area contributed by atoms with E-state index in [0.29, 0.717) is 5.75 Å². The number of rotatable bonds is 8. The number of ether oxygens (including phenoxy) is 1. The Hall–Kier alpha value is -2.34. The van der Waals surface area contributed by atoms with Crippen LogP contribution in [0.3, 0.4) is 0 Å². The predicted molar refractivity (Wildman–Crippen MR) is 105 cm³/mol. The molecule has 0 heterocycles. The van der Waals surface area contributed by atoms with E-state index in [2.05, 4.69) is 45.2 Å². The Labute approximate surface area is 156 Å². The van der Waals surface area contributed by atoms with Gasteiger partial charge >= 0.3 is 0 Å². The van der Waals surface area contributed by atoms with Crippen LogP contribution >= 0.6 is 15.9 Å². The van der Waals surface area contributed by atoms with Gasteiger partial charge in [0, 0.05) is 23.2 Å². The Morgan fingerprint density at radius 1 is 1.20 bits per heavy atom. The monoisotopic (exact) mass is 403 g/mol. The van der Waals surface area contributed by atoms with Crippen molar-refractivity contribution in [3.8, 4) is 5.75 Å². The fraction of sp³-hybridized carbons (Fsp3) is 0.263. The third kappa shape index (κ3) is 6.23. The van der Waals surface area contributed by atoms with Crippen LogP contribution in [0.2, 0.25) is 0 Å². The molecule has 0 atom stereocenters. The number of amides is 1. The van der Waals surface area contributed by atoms with Crippen LogP contribution in [0.5, 0.6) is 5.75 Å². The number of hydrogen-bond acceptors (Lipinski definition) is 4. The molecule has 0 radical (unpaired) electrons. The maximum Gasteiger partial charge on any atom is 0.277 e. The van der Waals surface area contributed by atoms with Crippen molar-refractivity contribution < 1.29 is 9.53 Å². The Morgan fingerprint density at radius 2 is 1.92 bits per heavy atom. The van der Waals surface area contributed by atoms with Crippen molar-refractivity contribution in [3.63, 3.8) is 0 Å². The molecule has 0 aliphatic heterocycles. The molecule has 0 unspecified atom stereocenters. The fourth-order valence-electron chi connectivity index (χ4n) is 2.28. The first-order valence-electron chi connectivity index (χ1n) is 8.17. The number of anilines is 1. The van der Waals surface area contributed by atoms with Gasteiger partial charge < -0.3 is 9.64 Å². The molecule has 0 saturated carbocycles. The predicted octanol–water partition coefficient (Wildman–Crippen LogP) is 3.82. The van der Waals surface area contributed by atoms with Crippen LogP contribution in [0.4, 0.5) is 5.69 Å². The molecule has 0 saturated heterocycles. The third-order valence-electron chi connectivity index (χ3n) is 3.59. The molecule has 0 fully saturated rings. The smallest absolute Gasteiger partial charge is 0.277 e. The number of hydrogen-bond donors (Lipinski definition) is 1. The number of carbonyl (C=O) groups excluding carboxylic acids is 1. The molecule has 0 aliphatic carbocycles. The second-order valence-corrected chi connectivity index (χ2v) is 6.22. The quantitative estimate of drug-likeness (QED) is 0.538. The summed E-state index contributed by atoms with van der Waals surface area (Å²) in [6.45, 7) is 6.11. The van der Waals surface area contributed by atoms with Crippen molar-refractivity contribution in [2.24, 2.45) is 5.10 Å². The maximum absolute atomic E-state index is 11.7. The van der Waals surface area contributed by atoms with Crippen LogP contribution < -0.4 is 15.1 Å². The van der Waals surface area contributed by atoms with Gasteiger partial charge in [0.1, 0.15) is 5.75 Å². The van der Waals surface area contributed by atoms with E-state index < -0.39 is 0 Å². The van der Waals surface area contributed by atoms with Crippen molar-refractivity contribution in [1.82, 2.24) is 5.43 Å². The molecule has 0 aliphatic rings. The van der Waals surface area contributed by atoms with Gasteiger partial charge in [0.2, 0.25) is 0 Å². The summed E-state index contributed by atoms with van der Waals surface area (Å²) in [7, 11) is 0. The van der Waals surface area contributed by atoms with Crippen LogP contribution in [0.15, 0.2) is 58.1 Å². The van der Waals surface area contributed by atoms with Gasteiger partial charge in [0.15, 0.2) is 6.61 Å². The molecule has 0 spiro atoms. The van der Waals surface area contributed by atoms with Gasteiger partial charge in [-0.05, 0) is 49.7 Å². The Morgan fingerprint density at radius 3 is 2.56 bits per heavy atom. The van der Waals surface area contributed by atoms with Gasteiger partial charge in [-0.3, -0.25) is 4.79 Å². The zero-order chi connectivity index (χ0) is 18.1. The zero-order valence-corrected chi connectivity index (χ0v) is 16.0. The summed E-state index contributed by atoms with van der Waals surface area (Å²) >= 11 is 3.35. The topological polar surface area (TPSA) is 53.9 Å². The van der Waals surface area contributed by atoms with Crippen LogP contribution in [0.1, 0.15) is 19.4 Å². The summed E-state index contributed by atoms with van der Waals surface area (Å²) in [6.07, 6.45) is 1.61. The highest BCUT2D eigenvalue weighted by Crippen LogP contribution is 2.17. The van der Waals surface area contributed by atoms with Crippen LogP contribution in [0.25, 0.3) is 0 Å². The number of nitrogens with one attached hydrogen (secondary N) is 1. The lowest BCUT2D eigenvalue weighted by Crippen LogP contribution is -2.24. The van der Waals surface area contributed by atoms with Crippen LogP contribution in [-0.4, -0.2) is 31.8 Å². The van der Waals surface area contributed by atoms with E-state index in [1.807, 2.05) is 36.4 Å². The summed E-state index contributed by atoms with van der Waals surface area (Å²) in [5, 5.41) is 3.96. The van der Waals surface area contributed by atoms with Crippen LogP contribution in [0, 0.1) is 0 Å². The second-order valence-electron chi connectivity index (χ2n) is 5.30. The van der Waals surface area contributed by atoms with E-state index >= 15 is 0 Å². The number of carbonyl (C=O) groups is 1. The van der Waals surface area contributed by atoms with Gasteiger partial charge in [-0.25, -0.2) is 5.43 Å². The first-order valence-corrected chi connectivity index (χ1v) is 8.97. The Balaban J connectivity index is 1.80. The van der Waals surface area contributed by atoms with Gasteiger partial charge in [-0.15, -0.1) is 0 Å². The Kier molecular flexibility index (Phi) is 7.47.